The highest BCUT2D eigenvalue weighted by Crippen LogP contribution is 2.27. The zero-order valence-electron chi connectivity index (χ0n) is 11.9. The van der Waals surface area contributed by atoms with E-state index >= 15 is 0 Å². The third-order valence-electron chi connectivity index (χ3n) is 3.79. The highest BCUT2D eigenvalue weighted by molar-refractivity contribution is 5.54. The zero-order chi connectivity index (χ0) is 13.1. The van der Waals surface area contributed by atoms with E-state index in [-0.39, 0.29) is 0 Å². The van der Waals surface area contributed by atoms with E-state index in [9.17, 15) is 0 Å². The minimum absolute atomic E-state index is 0.551. The molecule has 0 bridgehead atoms. The molecule has 1 aromatic carbocycles. The highest BCUT2D eigenvalue weighted by Gasteiger charge is 2.24. The highest BCUT2D eigenvalue weighted by atomic mass is 16.5. The van der Waals surface area contributed by atoms with Gasteiger partial charge >= 0.3 is 0 Å². The van der Waals surface area contributed by atoms with Crippen molar-refractivity contribution < 1.29 is 4.74 Å². The lowest BCUT2D eigenvalue weighted by molar-refractivity contribution is 0.400. The standard InChI is InChI=1S/C15H24N2O/c1-5-13-9-16-12(3)10-17(13)14-6-7-15(18-4)11(2)8-14/h6-8,12-13,16H,5,9-10H2,1-4H3. The minimum Gasteiger partial charge on any atom is -0.496 e. The predicted octanol–water partition coefficient (Wildman–Crippen LogP) is 2.58. The molecule has 1 aromatic rings. The minimum atomic E-state index is 0.551. The van der Waals surface area contributed by atoms with Crippen LogP contribution in [0.1, 0.15) is 25.8 Å². The summed E-state index contributed by atoms with van der Waals surface area (Å²) in [5, 5.41) is 3.55. The molecule has 2 unspecified atom stereocenters. The molecule has 3 nitrogen and oxygen atoms in total. The number of nitrogens with zero attached hydrogens (tertiary/aromatic N) is 1. The maximum Gasteiger partial charge on any atom is 0.121 e. The van der Waals surface area contributed by atoms with Crippen molar-refractivity contribution in [3.8, 4) is 5.75 Å². The predicted molar refractivity (Wildman–Crippen MR) is 76.6 cm³/mol. The Morgan fingerprint density at radius 2 is 2.22 bits per heavy atom. The molecule has 2 rings (SSSR count). The maximum atomic E-state index is 5.33. The second-order valence-electron chi connectivity index (χ2n) is 5.18. The first kappa shape index (κ1) is 13.2. The van der Waals surface area contributed by atoms with Gasteiger partial charge in [-0.3, -0.25) is 0 Å². The fourth-order valence-corrected chi connectivity index (χ4v) is 2.68. The lowest BCUT2D eigenvalue weighted by atomic mass is 10.1. The van der Waals surface area contributed by atoms with Crippen LogP contribution in [-0.2, 0) is 0 Å². The summed E-state index contributed by atoms with van der Waals surface area (Å²) in [5.41, 5.74) is 2.52. The van der Waals surface area contributed by atoms with Crippen molar-refractivity contribution in [2.45, 2.75) is 39.3 Å². The van der Waals surface area contributed by atoms with Crippen LogP contribution in [0.4, 0.5) is 5.69 Å². The number of hydrogen-bond donors (Lipinski definition) is 1. The first-order valence-corrected chi connectivity index (χ1v) is 6.80. The average Bonchev–Trinajstić information content (AvgIpc) is 2.38. The summed E-state index contributed by atoms with van der Waals surface area (Å²) in [4.78, 5) is 2.52. The van der Waals surface area contributed by atoms with Crippen molar-refractivity contribution in [2.75, 3.05) is 25.1 Å². The monoisotopic (exact) mass is 248 g/mol. The first-order chi connectivity index (χ1) is 8.65. The van der Waals surface area contributed by atoms with Crippen LogP contribution < -0.4 is 15.0 Å². The molecule has 100 valence electrons. The van der Waals surface area contributed by atoms with E-state index in [1.807, 2.05) is 0 Å². The molecule has 0 aliphatic carbocycles. The van der Waals surface area contributed by atoms with Gasteiger partial charge in [-0.1, -0.05) is 6.92 Å². The summed E-state index contributed by atoms with van der Waals surface area (Å²) in [6, 6.07) is 7.63. The van der Waals surface area contributed by atoms with Gasteiger partial charge in [0.2, 0.25) is 0 Å². The van der Waals surface area contributed by atoms with Crippen molar-refractivity contribution in [1.82, 2.24) is 5.32 Å². The molecule has 1 N–H and O–H groups in total. The van der Waals surface area contributed by atoms with Gasteiger partial charge in [-0.05, 0) is 44.0 Å². The molecular weight excluding hydrogens is 224 g/mol. The first-order valence-electron chi connectivity index (χ1n) is 6.80. The molecule has 2 atom stereocenters. The van der Waals surface area contributed by atoms with E-state index < -0.39 is 0 Å². The number of aryl methyl sites for hydroxylation is 1. The molecule has 1 heterocycles. The molecule has 0 aromatic heterocycles. The number of benzene rings is 1. The van der Waals surface area contributed by atoms with Crippen LogP contribution in [0.15, 0.2) is 18.2 Å². The van der Waals surface area contributed by atoms with Crippen LogP contribution in [0, 0.1) is 6.92 Å². The van der Waals surface area contributed by atoms with Gasteiger partial charge in [-0.2, -0.15) is 0 Å². The van der Waals surface area contributed by atoms with Crippen molar-refractivity contribution in [1.29, 1.82) is 0 Å². The summed E-state index contributed by atoms with van der Waals surface area (Å²) in [6.45, 7) is 8.75. The second kappa shape index (κ2) is 5.61. The van der Waals surface area contributed by atoms with Gasteiger partial charge in [0.1, 0.15) is 5.75 Å². The largest absolute Gasteiger partial charge is 0.496 e. The van der Waals surface area contributed by atoms with E-state index in [2.05, 4.69) is 49.2 Å². The van der Waals surface area contributed by atoms with Crippen molar-refractivity contribution in [3.05, 3.63) is 23.8 Å². The number of hydrogen-bond acceptors (Lipinski definition) is 3. The quantitative estimate of drug-likeness (QED) is 0.890. The molecule has 1 aliphatic rings. The van der Waals surface area contributed by atoms with Gasteiger partial charge in [-0.15, -0.1) is 0 Å². The smallest absolute Gasteiger partial charge is 0.121 e. The Hall–Kier alpha value is -1.22. The van der Waals surface area contributed by atoms with Crippen molar-refractivity contribution in [3.63, 3.8) is 0 Å². The second-order valence-corrected chi connectivity index (χ2v) is 5.18. The van der Waals surface area contributed by atoms with Crippen LogP contribution >= 0.6 is 0 Å². The van der Waals surface area contributed by atoms with Gasteiger partial charge in [0.15, 0.2) is 0 Å². The SMILES string of the molecule is CCC1CNC(C)CN1c1ccc(OC)c(C)c1. The van der Waals surface area contributed by atoms with E-state index in [0.717, 1.165) is 18.8 Å². The Kier molecular flexibility index (Phi) is 4.12. The zero-order valence-corrected chi connectivity index (χ0v) is 11.9. The number of piperazine rings is 1. The molecule has 0 spiro atoms. The third kappa shape index (κ3) is 2.61. The van der Waals surface area contributed by atoms with Gasteiger partial charge in [0.05, 0.1) is 7.11 Å². The Balaban J connectivity index is 2.25. The molecule has 1 saturated heterocycles. The molecule has 3 heteroatoms. The van der Waals surface area contributed by atoms with Gasteiger partial charge < -0.3 is 15.0 Å². The number of methoxy groups -OCH3 is 1. The summed E-state index contributed by atoms with van der Waals surface area (Å²) >= 11 is 0. The van der Waals surface area contributed by atoms with E-state index in [0.29, 0.717) is 12.1 Å². The summed E-state index contributed by atoms with van der Waals surface area (Å²) in [5.74, 6) is 0.968. The third-order valence-corrected chi connectivity index (χ3v) is 3.79. The molecule has 18 heavy (non-hydrogen) atoms. The fourth-order valence-electron chi connectivity index (χ4n) is 2.68. The Bertz CT molecular complexity index is 405. The molecular formula is C15H24N2O. The van der Waals surface area contributed by atoms with E-state index in [1.54, 1.807) is 7.11 Å². The Morgan fingerprint density at radius 3 is 2.83 bits per heavy atom. The van der Waals surface area contributed by atoms with Crippen molar-refractivity contribution >= 4 is 5.69 Å². The molecule has 1 aliphatic heterocycles. The Labute approximate surface area is 110 Å². The van der Waals surface area contributed by atoms with Gasteiger partial charge in [-0.25, -0.2) is 0 Å². The maximum absolute atomic E-state index is 5.33. The number of anilines is 1. The number of rotatable bonds is 3. The number of nitrogens with one attached hydrogen (secondary N) is 1. The lowest BCUT2D eigenvalue weighted by Crippen LogP contribution is -2.55. The van der Waals surface area contributed by atoms with Crippen LogP contribution in [0.2, 0.25) is 0 Å². The summed E-state index contributed by atoms with van der Waals surface area (Å²) in [6.07, 6.45) is 1.17. The molecule has 0 saturated carbocycles. The number of ether oxygens (including phenoxy) is 1. The fraction of sp³-hybridized carbons (Fsp3) is 0.600. The van der Waals surface area contributed by atoms with Crippen LogP contribution in [0.25, 0.3) is 0 Å². The molecule has 1 fully saturated rings. The van der Waals surface area contributed by atoms with Crippen molar-refractivity contribution in [2.24, 2.45) is 0 Å². The topological polar surface area (TPSA) is 24.5 Å². The molecule has 0 amide bonds. The van der Waals surface area contributed by atoms with Gasteiger partial charge in [0.25, 0.3) is 0 Å². The Morgan fingerprint density at radius 1 is 1.44 bits per heavy atom. The van der Waals surface area contributed by atoms with Crippen LogP contribution in [0.5, 0.6) is 5.75 Å². The van der Waals surface area contributed by atoms with Gasteiger partial charge in [0, 0.05) is 30.9 Å². The van der Waals surface area contributed by atoms with Crippen LogP contribution in [0.3, 0.4) is 0 Å². The van der Waals surface area contributed by atoms with E-state index in [4.69, 9.17) is 4.74 Å². The lowest BCUT2D eigenvalue weighted by Gasteiger charge is -2.41. The average molecular weight is 248 g/mol. The van der Waals surface area contributed by atoms with E-state index in [1.165, 1.54) is 17.7 Å². The van der Waals surface area contributed by atoms with Crippen LogP contribution in [-0.4, -0.2) is 32.3 Å². The molecule has 0 radical (unpaired) electrons. The summed E-state index contributed by atoms with van der Waals surface area (Å²) < 4.78 is 5.33. The normalized spacial score (nSPS) is 24.1. The summed E-state index contributed by atoms with van der Waals surface area (Å²) in [7, 11) is 1.73.